The van der Waals surface area contributed by atoms with Crippen LogP contribution in [0, 0.1) is 6.92 Å². The van der Waals surface area contributed by atoms with Crippen LogP contribution in [0.15, 0.2) is 16.7 Å². The molecule has 0 aliphatic rings. The third-order valence-electron chi connectivity index (χ3n) is 2.12. The molecule has 1 heterocycles. The van der Waals surface area contributed by atoms with Crippen LogP contribution in [-0.2, 0) is 0 Å². The molecule has 0 aromatic carbocycles. The van der Waals surface area contributed by atoms with Gasteiger partial charge in [0.1, 0.15) is 12.3 Å². The molecule has 1 amide bonds. The van der Waals surface area contributed by atoms with Crippen molar-refractivity contribution in [3.8, 4) is 0 Å². The molecule has 0 radical (unpaired) electrons. The number of amides is 1. The van der Waals surface area contributed by atoms with Crippen molar-refractivity contribution in [1.29, 1.82) is 0 Å². The van der Waals surface area contributed by atoms with Crippen molar-refractivity contribution in [2.75, 3.05) is 19.7 Å². The van der Waals surface area contributed by atoms with Gasteiger partial charge in [-0.25, -0.2) is 0 Å². The lowest BCUT2D eigenvalue weighted by Crippen LogP contribution is -2.40. The first-order chi connectivity index (χ1) is 7.85. The van der Waals surface area contributed by atoms with E-state index >= 15 is 0 Å². The van der Waals surface area contributed by atoms with E-state index in [2.05, 4.69) is 0 Å². The number of carbonyl (C=O) groups excluding carboxylic acids is 1. The highest BCUT2D eigenvalue weighted by molar-refractivity contribution is 5.95. The predicted octanol–water partition coefficient (Wildman–Crippen LogP) is 1.58. The monoisotopic (exact) mass is 251 g/mol. The Labute approximate surface area is 95.6 Å². The number of alkyl halides is 3. The normalized spacial score (nSPS) is 11.6. The van der Waals surface area contributed by atoms with E-state index in [0.29, 0.717) is 4.90 Å². The van der Waals surface area contributed by atoms with Crippen LogP contribution >= 0.6 is 0 Å². The van der Waals surface area contributed by atoms with E-state index in [1.54, 1.807) is 0 Å². The molecule has 0 atom stereocenters. The van der Waals surface area contributed by atoms with Crippen LogP contribution in [0.5, 0.6) is 0 Å². The Morgan fingerprint density at radius 1 is 1.53 bits per heavy atom. The molecule has 4 nitrogen and oxygen atoms in total. The largest absolute Gasteiger partial charge is 0.469 e. The minimum atomic E-state index is -4.50. The van der Waals surface area contributed by atoms with E-state index in [1.807, 2.05) is 0 Å². The standard InChI is InChI=1S/C10H12F3NO3/c1-7-8(2-5-17-7)9(16)14(3-4-15)6-10(11,12)13/h2,5,15H,3-4,6H2,1H3. The summed E-state index contributed by atoms with van der Waals surface area (Å²) in [5.74, 6) is -0.553. The van der Waals surface area contributed by atoms with Crippen LogP contribution in [-0.4, -0.2) is 41.8 Å². The Balaban J connectivity index is 2.84. The number of aliphatic hydroxyl groups excluding tert-OH is 1. The number of hydrogen-bond acceptors (Lipinski definition) is 3. The van der Waals surface area contributed by atoms with Gasteiger partial charge in [-0.2, -0.15) is 13.2 Å². The van der Waals surface area contributed by atoms with E-state index in [4.69, 9.17) is 9.52 Å². The second-order valence-corrected chi connectivity index (χ2v) is 3.46. The zero-order valence-corrected chi connectivity index (χ0v) is 9.12. The summed E-state index contributed by atoms with van der Waals surface area (Å²) in [6, 6.07) is 1.30. The zero-order chi connectivity index (χ0) is 13.1. The van der Waals surface area contributed by atoms with E-state index in [1.165, 1.54) is 19.3 Å². The second-order valence-electron chi connectivity index (χ2n) is 3.46. The van der Waals surface area contributed by atoms with E-state index in [-0.39, 0.29) is 17.9 Å². The SMILES string of the molecule is Cc1occc1C(=O)N(CCO)CC(F)(F)F. The van der Waals surface area contributed by atoms with Gasteiger partial charge in [-0.05, 0) is 13.0 Å². The summed E-state index contributed by atoms with van der Waals surface area (Å²) < 4.78 is 41.6. The summed E-state index contributed by atoms with van der Waals surface area (Å²) in [7, 11) is 0. The molecule has 0 spiro atoms. The van der Waals surface area contributed by atoms with Gasteiger partial charge in [-0.1, -0.05) is 0 Å². The van der Waals surface area contributed by atoms with Crippen LogP contribution in [0.4, 0.5) is 13.2 Å². The zero-order valence-electron chi connectivity index (χ0n) is 9.12. The molecule has 1 N–H and O–H groups in total. The highest BCUT2D eigenvalue weighted by Crippen LogP contribution is 2.19. The van der Waals surface area contributed by atoms with E-state index in [9.17, 15) is 18.0 Å². The molecule has 0 saturated heterocycles. The smallest absolute Gasteiger partial charge is 0.406 e. The quantitative estimate of drug-likeness (QED) is 0.884. The fraction of sp³-hybridized carbons (Fsp3) is 0.500. The van der Waals surface area contributed by atoms with Crippen LogP contribution in [0.1, 0.15) is 16.1 Å². The molecule has 1 aromatic heterocycles. The average molecular weight is 251 g/mol. The lowest BCUT2D eigenvalue weighted by Gasteiger charge is -2.22. The van der Waals surface area contributed by atoms with Crippen molar-refractivity contribution in [3.05, 3.63) is 23.7 Å². The van der Waals surface area contributed by atoms with Crippen LogP contribution in [0.3, 0.4) is 0 Å². The maximum absolute atomic E-state index is 12.2. The molecule has 0 saturated carbocycles. The summed E-state index contributed by atoms with van der Waals surface area (Å²) in [5.41, 5.74) is 0.0719. The molecule has 17 heavy (non-hydrogen) atoms. The van der Waals surface area contributed by atoms with Crippen molar-refractivity contribution >= 4 is 5.91 Å². The first-order valence-corrected chi connectivity index (χ1v) is 4.86. The topological polar surface area (TPSA) is 53.7 Å². The lowest BCUT2D eigenvalue weighted by molar-refractivity contribution is -0.141. The molecule has 0 unspecified atom stereocenters. The summed E-state index contributed by atoms with van der Waals surface area (Å²) in [6.45, 7) is -0.809. The maximum atomic E-state index is 12.2. The predicted molar refractivity (Wildman–Crippen MR) is 52.5 cm³/mol. The number of aliphatic hydroxyl groups is 1. The second kappa shape index (κ2) is 5.22. The number of hydrogen-bond donors (Lipinski definition) is 1. The number of halogens is 3. The fourth-order valence-corrected chi connectivity index (χ4v) is 1.37. The van der Waals surface area contributed by atoms with Gasteiger partial charge in [0.2, 0.25) is 0 Å². The molecule has 1 rings (SSSR count). The summed E-state index contributed by atoms with van der Waals surface area (Å²) in [6.07, 6.45) is -3.27. The first-order valence-electron chi connectivity index (χ1n) is 4.86. The molecule has 0 aliphatic heterocycles. The fourth-order valence-electron chi connectivity index (χ4n) is 1.37. The van der Waals surface area contributed by atoms with E-state index in [0.717, 1.165) is 0 Å². The number of rotatable bonds is 4. The minimum Gasteiger partial charge on any atom is -0.469 e. The number of carbonyl (C=O) groups is 1. The molecule has 7 heteroatoms. The molecule has 96 valence electrons. The maximum Gasteiger partial charge on any atom is 0.406 e. The highest BCUT2D eigenvalue weighted by Gasteiger charge is 2.33. The van der Waals surface area contributed by atoms with Gasteiger partial charge in [0.25, 0.3) is 5.91 Å². The Kier molecular flexibility index (Phi) is 4.17. The third-order valence-corrected chi connectivity index (χ3v) is 2.12. The summed E-state index contributed by atoms with van der Waals surface area (Å²) in [5, 5.41) is 8.66. The van der Waals surface area contributed by atoms with Crippen LogP contribution in [0.2, 0.25) is 0 Å². The summed E-state index contributed by atoms with van der Waals surface area (Å²) >= 11 is 0. The molecule has 0 fully saturated rings. The lowest BCUT2D eigenvalue weighted by atomic mass is 10.2. The summed E-state index contributed by atoms with van der Waals surface area (Å²) in [4.78, 5) is 12.3. The number of furan rings is 1. The van der Waals surface area contributed by atoms with Gasteiger partial charge >= 0.3 is 6.18 Å². The molecular weight excluding hydrogens is 239 g/mol. The Morgan fingerprint density at radius 3 is 2.59 bits per heavy atom. The van der Waals surface area contributed by atoms with Crippen molar-refractivity contribution in [2.24, 2.45) is 0 Å². The van der Waals surface area contributed by atoms with Gasteiger partial charge in [-0.15, -0.1) is 0 Å². The molecule has 0 aliphatic carbocycles. The highest BCUT2D eigenvalue weighted by atomic mass is 19.4. The van der Waals surface area contributed by atoms with Gasteiger partial charge < -0.3 is 14.4 Å². The number of nitrogens with zero attached hydrogens (tertiary/aromatic N) is 1. The minimum absolute atomic E-state index is 0.0719. The van der Waals surface area contributed by atoms with Crippen molar-refractivity contribution in [2.45, 2.75) is 13.1 Å². The molecule has 0 bridgehead atoms. The first kappa shape index (κ1) is 13.6. The van der Waals surface area contributed by atoms with Crippen LogP contribution < -0.4 is 0 Å². The molecule has 1 aromatic rings. The number of aryl methyl sites for hydroxylation is 1. The Hall–Kier alpha value is -1.50. The Bertz CT molecular complexity index is 386. The molecular formula is C10H12F3NO3. The van der Waals surface area contributed by atoms with Crippen molar-refractivity contribution < 1.29 is 27.5 Å². The Morgan fingerprint density at radius 2 is 2.18 bits per heavy atom. The third kappa shape index (κ3) is 3.77. The van der Waals surface area contributed by atoms with Gasteiger partial charge in [0.15, 0.2) is 0 Å². The van der Waals surface area contributed by atoms with Crippen molar-refractivity contribution in [1.82, 2.24) is 4.90 Å². The van der Waals surface area contributed by atoms with Crippen molar-refractivity contribution in [3.63, 3.8) is 0 Å². The van der Waals surface area contributed by atoms with E-state index < -0.39 is 25.2 Å². The average Bonchev–Trinajstić information content (AvgIpc) is 2.61. The van der Waals surface area contributed by atoms with Gasteiger partial charge in [0.05, 0.1) is 18.4 Å². The van der Waals surface area contributed by atoms with Gasteiger partial charge in [-0.3, -0.25) is 4.79 Å². The van der Waals surface area contributed by atoms with Crippen LogP contribution in [0.25, 0.3) is 0 Å². The van der Waals surface area contributed by atoms with Gasteiger partial charge in [0, 0.05) is 6.54 Å².